The fourth-order valence-electron chi connectivity index (χ4n) is 1.55. The van der Waals surface area contributed by atoms with Crippen LogP contribution in [0.1, 0.15) is 27.7 Å². The van der Waals surface area contributed by atoms with E-state index in [-0.39, 0.29) is 18.1 Å². The van der Waals surface area contributed by atoms with E-state index in [2.05, 4.69) is 12.2 Å². The van der Waals surface area contributed by atoms with Crippen LogP contribution in [0, 0.1) is 5.92 Å². The molecular weight excluding hydrogens is 178 g/mol. The van der Waals surface area contributed by atoms with Crippen molar-refractivity contribution in [2.24, 2.45) is 5.92 Å². The smallest absolute Gasteiger partial charge is 0.244 e. The molecule has 0 aliphatic carbocycles. The summed E-state index contributed by atoms with van der Waals surface area (Å²) in [6.07, 6.45) is 1.86. The van der Waals surface area contributed by atoms with Crippen LogP contribution in [0.3, 0.4) is 0 Å². The first kappa shape index (κ1) is 11.2. The average Bonchev–Trinajstić information content (AvgIpc) is 2.34. The van der Waals surface area contributed by atoms with Crippen molar-refractivity contribution in [3.8, 4) is 0 Å². The predicted molar refractivity (Wildman–Crippen MR) is 55.9 cm³/mol. The molecule has 1 aliphatic heterocycles. The maximum Gasteiger partial charge on any atom is 0.244 e. The molecule has 3 nitrogen and oxygen atoms in total. The Kier molecular flexibility index (Phi) is 3.69. The lowest BCUT2D eigenvalue weighted by Crippen LogP contribution is -2.38. The third kappa shape index (κ3) is 2.84. The quantitative estimate of drug-likeness (QED) is 0.681. The van der Waals surface area contributed by atoms with E-state index < -0.39 is 0 Å². The van der Waals surface area contributed by atoms with Gasteiger partial charge in [-0.2, -0.15) is 0 Å². The summed E-state index contributed by atoms with van der Waals surface area (Å²) >= 11 is 0. The van der Waals surface area contributed by atoms with Crippen LogP contribution in [-0.4, -0.2) is 24.7 Å². The first-order chi connectivity index (χ1) is 6.50. The average molecular weight is 197 g/mol. The zero-order valence-electron chi connectivity index (χ0n) is 9.33. The molecule has 0 aromatic rings. The molecule has 1 aliphatic rings. The van der Waals surface area contributed by atoms with Crippen LogP contribution in [-0.2, 0) is 9.53 Å². The minimum Gasteiger partial charge on any atom is -0.376 e. The molecule has 0 spiro atoms. The van der Waals surface area contributed by atoms with Crippen LogP contribution in [0.25, 0.3) is 0 Å². The number of ether oxygens (including phenoxy) is 1. The lowest BCUT2D eigenvalue weighted by atomic mass is 10.0. The molecule has 14 heavy (non-hydrogen) atoms. The lowest BCUT2D eigenvalue weighted by Gasteiger charge is -2.16. The first-order valence-electron chi connectivity index (χ1n) is 5.07. The van der Waals surface area contributed by atoms with Gasteiger partial charge in [-0.05, 0) is 20.8 Å². The fraction of sp³-hybridized carbons (Fsp3) is 0.727. The number of carbonyl (C=O) groups excluding carboxylic acids is 1. The Morgan fingerprint density at radius 1 is 1.43 bits per heavy atom. The van der Waals surface area contributed by atoms with E-state index in [0.29, 0.717) is 12.5 Å². The van der Waals surface area contributed by atoms with Crippen molar-refractivity contribution in [3.05, 3.63) is 11.6 Å². The molecule has 1 amide bonds. The highest BCUT2D eigenvalue weighted by Gasteiger charge is 2.31. The van der Waals surface area contributed by atoms with E-state index in [1.807, 2.05) is 20.8 Å². The number of hydrogen-bond donors (Lipinski definition) is 1. The van der Waals surface area contributed by atoms with E-state index in [4.69, 9.17) is 4.74 Å². The molecule has 0 saturated carbocycles. The molecule has 1 N–H and O–H groups in total. The molecule has 1 saturated heterocycles. The topological polar surface area (TPSA) is 38.3 Å². The molecule has 1 heterocycles. The van der Waals surface area contributed by atoms with E-state index in [0.717, 1.165) is 5.57 Å². The summed E-state index contributed by atoms with van der Waals surface area (Å²) in [6.45, 7) is 8.60. The summed E-state index contributed by atoms with van der Waals surface area (Å²) in [6, 6.07) is 0.160. The summed E-state index contributed by atoms with van der Waals surface area (Å²) in [5, 5.41) is 2.95. The van der Waals surface area contributed by atoms with Crippen LogP contribution in [0.5, 0.6) is 0 Å². The van der Waals surface area contributed by atoms with Gasteiger partial charge in [0.25, 0.3) is 0 Å². The maximum atomic E-state index is 11.4. The Morgan fingerprint density at radius 2 is 2.07 bits per heavy atom. The Hall–Kier alpha value is -0.830. The Morgan fingerprint density at radius 3 is 2.50 bits per heavy atom. The first-order valence-corrected chi connectivity index (χ1v) is 5.07. The lowest BCUT2D eigenvalue weighted by molar-refractivity contribution is -0.117. The summed E-state index contributed by atoms with van der Waals surface area (Å²) in [5.41, 5.74) is 1.02. The third-order valence-corrected chi connectivity index (χ3v) is 2.66. The predicted octanol–water partition coefficient (Wildman–Crippen LogP) is 1.49. The van der Waals surface area contributed by atoms with Gasteiger partial charge in [0.15, 0.2) is 0 Å². The minimum atomic E-state index is -0.0143. The van der Waals surface area contributed by atoms with Crippen molar-refractivity contribution in [1.82, 2.24) is 5.32 Å². The number of amides is 1. The van der Waals surface area contributed by atoms with Gasteiger partial charge in [-0.25, -0.2) is 0 Å². The summed E-state index contributed by atoms with van der Waals surface area (Å²) in [7, 11) is 0. The molecular formula is C11H19NO2. The van der Waals surface area contributed by atoms with Crippen molar-refractivity contribution in [2.75, 3.05) is 6.61 Å². The van der Waals surface area contributed by atoms with Gasteiger partial charge in [0.1, 0.15) is 0 Å². The van der Waals surface area contributed by atoms with Gasteiger partial charge in [0, 0.05) is 12.0 Å². The number of nitrogens with one attached hydrogen (secondary N) is 1. The molecule has 1 rings (SSSR count). The van der Waals surface area contributed by atoms with Crippen LogP contribution in [0.2, 0.25) is 0 Å². The molecule has 80 valence electrons. The SMILES string of the molecule is CC(C)=CC(=O)NC1COC(C)C1C. The number of carbonyl (C=O) groups is 1. The van der Waals surface area contributed by atoms with E-state index >= 15 is 0 Å². The molecule has 0 aromatic heterocycles. The van der Waals surface area contributed by atoms with Crippen molar-refractivity contribution in [1.29, 1.82) is 0 Å². The van der Waals surface area contributed by atoms with Gasteiger partial charge in [-0.15, -0.1) is 0 Å². The highest BCUT2D eigenvalue weighted by molar-refractivity contribution is 5.88. The van der Waals surface area contributed by atoms with Gasteiger partial charge in [-0.3, -0.25) is 4.79 Å². The maximum absolute atomic E-state index is 11.4. The van der Waals surface area contributed by atoms with Crippen LogP contribution in [0.15, 0.2) is 11.6 Å². The highest BCUT2D eigenvalue weighted by atomic mass is 16.5. The molecule has 0 aromatic carbocycles. The normalized spacial score (nSPS) is 31.3. The number of rotatable bonds is 2. The van der Waals surface area contributed by atoms with E-state index in [1.54, 1.807) is 6.08 Å². The third-order valence-electron chi connectivity index (χ3n) is 2.66. The monoisotopic (exact) mass is 197 g/mol. The molecule has 0 radical (unpaired) electrons. The fourth-order valence-corrected chi connectivity index (χ4v) is 1.55. The Bertz CT molecular complexity index is 244. The number of allylic oxidation sites excluding steroid dienone is 1. The molecule has 3 atom stereocenters. The summed E-state index contributed by atoms with van der Waals surface area (Å²) in [5.74, 6) is 0.379. The molecule has 3 heteroatoms. The highest BCUT2D eigenvalue weighted by Crippen LogP contribution is 2.20. The zero-order valence-corrected chi connectivity index (χ0v) is 9.33. The summed E-state index contributed by atoms with van der Waals surface area (Å²) < 4.78 is 5.45. The van der Waals surface area contributed by atoms with Gasteiger partial charge >= 0.3 is 0 Å². The summed E-state index contributed by atoms with van der Waals surface area (Å²) in [4.78, 5) is 11.4. The van der Waals surface area contributed by atoms with Crippen LogP contribution < -0.4 is 5.32 Å². The van der Waals surface area contributed by atoms with Gasteiger partial charge in [-0.1, -0.05) is 12.5 Å². The minimum absolute atomic E-state index is 0.0143. The standard InChI is InChI=1S/C11H19NO2/c1-7(2)5-11(13)12-10-6-14-9(4)8(10)3/h5,8-10H,6H2,1-4H3,(H,12,13). The Labute approximate surface area is 85.5 Å². The second-order valence-electron chi connectivity index (χ2n) is 4.23. The molecule has 1 fully saturated rings. The van der Waals surface area contributed by atoms with Gasteiger partial charge < -0.3 is 10.1 Å². The Balaban J connectivity index is 2.46. The second kappa shape index (κ2) is 4.60. The second-order valence-corrected chi connectivity index (χ2v) is 4.23. The van der Waals surface area contributed by atoms with Gasteiger partial charge in [0.2, 0.25) is 5.91 Å². The van der Waals surface area contributed by atoms with Crippen LogP contribution in [0.4, 0.5) is 0 Å². The molecule has 0 bridgehead atoms. The largest absolute Gasteiger partial charge is 0.376 e. The number of hydrogen-bond acceptors (Lipinski definition) is 2. The van der Waals surface area contributed by atoms with E-state index in [9.17, 15) is 4.79 Å². The van der Waals surface area contributed by atoms with Crippen molar-refractivity contribution in [2.45, 2.75) is 39.8 Å². The zero-order chi connectivity index (χ0) is 10.7. The molecule has 3 unspecified atom stereocenters. The van der Waals surface area contributed by atoms with Crippen molar-refractivity contribution < 1.29 is 9.53 Å². The van der Waals surface area contributed by atoms with Crippen molar-refractivity contribution >= 4 is 5.91 Å². The van der Waals surface area contributed by atoms with E-state index in [1.165, 1.54) is 0 Å². The van der Waals surface area contributed by atoms with Crippen LogP contribution >= 0.6 is 0 Å². The van der Waals surface area contributed by atoms with Gasteiger partial charge in [0.05, 0.1) is 18.8 Å². The van der Waals surface area contributed by atoms with Crippen molar-refractivity contribution in [3.63, 3.8) is 0 Å².